The first-order valence-electron chi connectivity index (χ1n) is 6.40. The van der Waals surface area contributed by atoms with Gasteiger partial charge >= 0.3 is 11.9 Å². The maximum Gasteiger partial charge on any atom is 0.330 e. The molecule has 0 aliphatic heterocycles. The number of ketones is 1. The van der Waals surface area contributed by atoms with Gasteiger partial charge in [0, 0.05) is 0 Å². The molecule has 0 heterocycles. The SMILES string of the molecule is C[C@H](N)C(=O)OC(=O)C[C@@H](N)C(=O)C1=CCCCC1. The first-order chi connectivity index (χ1) is 8.91. The third-order valence-corrected chi connectivity index (χ3v) is 2.92. The van der Waals surface area contributed by atoms with Gasteiger partial charge < -0.3 is 16.2 Å². The van der Waals surface area contributed by atoms with Crippen molar-refractivity contribution in [2.24, 2.45) is 11.5 Å². The molecule has 1 rings (SSSR count). The minimum absolute atomic E-state index is 0.245. The first kappa shape index (κ1) is 15.5. The molecule has 6 heteroatoms. The summed E-state index contributed by atoms with van der Waals surface area (Å²) in [6.45, 7) is 1.41. The van der Waals surface area contributed by atoms with Gasteiger partial charge in [0.25, 0.3) is 0 Å². The lowest BCUT2D eigenvalue weighted by Gasteiger charge is -2.15. The van der Waals surface area contributed by atoms with Crippen molar-refractivity contribution in [2.45, 2.75) is 51.1 Å². The molecule has 0 radical (unpaired) electrons. The Morgan fingerprint density at radius 1 is 1.32 bits per heavy atom. The molecule has 0 amide bonds. The quantitative estimate of drug-likeness (QED) is 0.543. The molecule has 1 aliphatic rings. The molecule has 0 fully saturated rings. The largest absolute Gasteiger partial charge is 0.392 e. The Hall–Kier alpha value is -1.53. The summed E-state index contributed by atoms with van der Waals surface area (Å²) >= 11 is 0. The summed E-state index contributed by atoms with van der Waals surface area (Å²) in [5.41, 5.74) is 11.6. The Kier molecular flexibility index (Phi) is 5.85. The van der Waals surface area contributed by atoms with E-state index in [-0.39, 0.29) is 12.2 Å². The number of allylic oxidation sites excluding steroid dienone is 1. The molecule has 0 bridgehead atoms. The van der Waals surface area contributed by atoms with E-state index in [0.717, 1.165) is 19.3 Å². The van der Waals surface area contributed by atoms with E-state index in [4.69, 9.17) is 11.5 Å². The minimum Gasteiger partial charge on any atom is -0.392 e. The van der Waals surface area contributed by atoms with Gasteiger partial charge in [-0.25, -0.2) is 4.79 Å². The summed E-state index contributed by atoms with van der Waals surface area (Å²) in [7, 11) is 0. The second kappa shape index (κ2) is 7.16. The van der Waals surface area contributed by atoms with E-state index in [1.165, 1.54) is 6.92 Å². The van der Waals surface area contributed by atoms with E-state index >= 15 is 0 Å². The van der Waals surface area contributed by atoms with E-state index in [2.05, 4.69) is 4.74 Å². The second-order valence-electron chi connectivity index (χ2n) is 4.73. The zero-order valence-corrected chi connectivity index (χ0v) is 11.1. The van der Waals surface area contributed by atoms with E-state index in [0.29, 0.717) is 12.0 Å². The smallest absolute Gasteiger partial charge is 0.330 e. The van der Waals surface area contributed by atoms with Crippen LogP contribution in [-0.2, 0) is 19.1 Å². The highest BCUT2D eigenvalue weighted by molar-refractivity contribution is 6.01. The molecular weight excluding hydrogens is 248 g/mol. The predicted molar refractivity (Wildman–Crippen MR) is 68.9 cm³/mol. The highest BCUT2D eigenvalue weighted by atomic mass is 16.6. The lowest BCUT2D eigenvalue weighted by molar-refractivity contribution is -0.161. The Morgan fingerprint density at radius 2 is 2.00 bits per heavy atom. The third-order valence-electron chi connectivity index (χ3n) is 2.92. The van der Waals surface area contributed by atoms with Gasteiger partial charge in [-0.05, 0) is 38.2 Å². The van der Waals surface area contributed by atoms with Crippen LogP contribution < -0.4 is 11.5 Å². The number of hydrogen-bond acceptors (Lipinski definition) is 6. The van der Waals surface area contributed by atoms with Crippen LogP contribution in [0.25, 0.3) is 0 Å². The van der Waals surface area contributed by atoms with Crippen LogP contribution in [0.15, 0.2) is 11.6 Å². The average Bonchev–Trinajstić information content (AvgIpc) is 2.38. The van der Waals surface area contributed by atoms with Gasteiger partial charge in [0.2, 0.25) is 0 Å². The fourth-order valence-electron chi connectivity index (χ4n) is 1.82. The standard InChI is InChI=1S/C13H20N2O4/c1-8(14)13(18)19-11(16)7-10(15)12(17)9-5-3-2-4-6-9/h5,8,10H,2-4,6-7,14-15H2,1H3/t8-,10+/m0/s1. The number of rotatable bonds is 5. The summed E-state index contributed by atoms with van der Waals surface area (Å²) in [6, 6.07) is -1.84. The lowest BCUT2D eigenvalue weighted by Crippen LogP contribution is -2.37. The van der Waals surface area contributed by atoms with Crippen LogP contribution in [0.4, 0.5) is 0 Å². The van der Waals surface area contributed by atoms with Gasteiger partial charge in [-0.2, -0.15) is 0 Å². The van der Waals surface area contributed by atoms with E-state index in [1.807, 2.05) is 6.08 Å². The number of Topliss-reactive ketones (excluding diaryl/α,β-unsaturated/α-hetero) is 1. The number of carbonyl (C=O) groups excluding carboxylic acids is 3. The molecule has 106 valence electrons. The summed E-state index contributed by atoms with van der Waals surface area (Å²) in [5, 5.41) is 0. The number of nitrogens with two attached hydrogens (primary N) is 2. The zero-order chi connectivity index (χ0) is 14.4. The van der Waals surface area contributed by atoms with Gasteiger partial charge in [-0.15, -0.1) is 0 Å². The average molecular weight is 268 g/mol. The maximum atomic E-state index is 11.9. The molecule has 0 aromatic rings. The molecule has 0 spiro atoms. The van der Waals surface area contributed by atoms with Crippen molar-refractivity contribution < 1.29 is 19.1 Å². The van der Waals surface area contributed by atoms with Crippen molar-refractivity contribution in [3.63, 3.8) is 0 Å². The monoisotopic (exact) mass is 268 g/mol. The van der Waals surface area contributed by atoms with E-state index in [1.54, 1.807) is 0 Å². The second-order valence-corrected chi connectivity index (χ2v) is 4.73. The number of hydrogen-bond donors (Lipinski definition) is 2. The molecular formula is C13H20N2O4. The van der Waals surface area contributed by atoms with Crippen LogP contribution in [0.1, 0.15) is 39.0 Å². The molecule has 1 aliphatic carbocycles. The van der Waals surface area contributed by atoms with Crippen LogP contribution in [-0.4, -0.2) is 29.8 Å². The molecule has 0 aromatic heterocycles. The maximum absolute atomic E-state index is 11.9. The highest BCUT2D eigenvalue weighted by Crippen LogP contribution is 2.19. The molecule has 4 N–H and O–H groups in total. The number of carbonyl (C=O) groups is 3. The van der Waals surface area contributed by atoms with Crippen LogP contribution in [0, 0.1) is 0 Å². The fraction of sp³-hybridized carbons (Fsp3) is 0.615. The Labute approximate surface area is 112 Å². The van der Waals surface area contributed by atoms with E-state index < -0.39 is 24.0 Å². The topological polar surface area (TPSA) is 112 Å². The Morgan fingerprint density at radius 3 is 2.53 bits per heavy atom. The van der Waals surface area contributed by atoms with Crippen molar-refractivity contribution in [3.05, 3.63) is 11.6 Å². The van der Waals surface area contributed by atoms with Crippen molar-refractivity contribution >= 4 is 17.7 Å². The first-order valence-corrected chi connectivity index (χ1v) is 6.40. The highest BCUT2D eigenvalue weighted by Gasteiger charge is 2.24. The van der Waals surface area contributed by atoms with Gasteiger partial charge in [0.15, 0.2) is 5.78 Å². The summed E-state index contributed by atoms with van der Waals surface area (Å²) < 4.78 is 4.47. The van der Waals surface area contributed by atoms with E-state index in [9.17, 15) is 14.4 Å². The molecule has 0 saturated carbocycles. The third kappa shape index (κ3) is 4.92. The van der Waals surface area contributed by atoms with Crippen LogP contribution in [0.3, 0.4) is 0 Å². The van der Waals surface area contributed by atoms with Gasteiger partial charge in [-0.1, -0.05) is 6.08 Å². The molecule has 0 unspecified atom stereocenters. The summed E-state index contributed by atoms with van der Waals surface area (Å²) in [4.78, 5) is 34.4. The molecule has 2 atom stereocenters. The van der Waals surface area contributed by atoms with Crippen LogP contribution >= 0.6 is 0 Å². The minimum atomic E-state index is -0.960. The number of esters is 2. The van der Waals surface area contributed by atoms with Crippen LogP contribution in [0.5, 0.6) is 0 Å². The van der Waals surface area contributed by atoms with Gasteiger partial charge in [0.1, 0.15) is 6.04 Å². The Balaban J connectivity index is 2.47. The van der Waals surface area contributed by atoms with Gasteiger partial charge in [-0.3, -0.25) is 9.59 Å². The van der Waals surface area contributed by atoms with Crippen molar-refractivity contribution in [1.29, 1.82) is 0 Å². The van der Waals surface area contributed by atoms with Crippen LogP contribution in [0.2, 0.25) is 0 Å². The summed E-state index contributed by atoms with van der Waals surface area (Å²) in [5.74, 6) is -1.88. The lowest BCUT2D eigenvalue weighted by atomic mass is 9.92. The molecule has 0 saturated heterocycles. The Bertz CT molecular complexity index is 401. The van der Waals surface area contributed by atoms with Crippen molar-refractivity contribution in [2.75, 3.05) is 0 Å². The summed E-state index contributed by atoms with van der Waals surface area (Å²) in [6.07, 6.45) is 5.13. The fourth-order valence-corrected chi connectivity index (χ4v) is 1.82. The molecule has 19 heavy (non-hydrogen) atoms. The molecule has 0 aromatic carbocycles. The molecule has 6 nitrogen and oxygen atoms in total. The normalized spacial score (nSPS) is 18.2. The van der Waals surface area contributed by atoms with Crippen molar-refractivity contribution in [3.8, 4) is 0 Å². The van der Waals surface area contributed by atoms with Crippen molar-refractivity contribution in [1.82, 2.24) is 0 Å². The predicted octanol–water partition coefficient (Wildman–Crippen LogP) is 0.190. The number of ether oxygens (including phenoxy) is 1. The van der Waals surface area contributed by atoms with Gasteiger partial charge in [0.05, 0.1) is 12.5 Å². The zero-order valence-electron chi connectivity index (χ0n) is 11.1.